The molecule has 0 aromatic heterocycles. The Morgan fingerprint density at radius 3 is 2.77 bits per heavy atom. The summed E-state index contributed by atoms with van der Waals surface area (Å²) in [5, 5.41) is 3.59. The topological polar surface area (TPSA) is 67.9 Å². The van der Waals surface area contributed by atoms with Gasteiger partial charge >= 0.3 is 5.97 Å². The van der Waals surface area contributed by atoms with Gasteiger partial charge in [-0.05, 0) is 48.8 Å². The van der Waals surface area contributed by atoms with Crippen molar-refractivity contribution in [1.82, 2.24) is 4.90 Å². The van der Waals surface area contributed by atoms with Gasteiger partial charge in [-0.1, -0.05) is 38.1 Å². The maximum atomic E-state index is 12.6. The molecule has 6 heteroatoms. The van der Waals surface area contributed by atoms with Crippen molar-refractivity contribution in [2.75, 3.05) is 32.6 Å². The number of aldehydes is 1. The molecule has 2 aliphatic rings. The number of carbonyl (C=O) groups excluding carboxylic acids is 2. The number of hydrogen-bond acceptors (Lipinski definition) is 6. The van der Waals surface area contributed by atoms with Gasteiger partial charge < -0.3 is 19.6 Å². The number of nitrogens with zero attached hydrogens (tertiary/aromatic N) is 1. The molecule has 1 aromatic rings. The van der Waals surface area contributed by atoms with Gasteiger partial charge in [-0.2, -0.15) is 0 Å². The first-order valence-corrected chi connectivity index (χ1v) is 11.0. The zero-order valence-corrected chi connectivity index (χ0v) is 19.0. The van der Waals surface area contributed by atoms with Crippen molar-refractivity contribution in [2.24, 2.45) is 11.8 Å². The minimum Gasteiger partial charge on any atom is -0.504 e. The van der Waals surface area contributed by atoms with Crippen LogP contribution >= 0.6 is 0 Å². The van der Waals surface area contributed by atoms with E-state index in [4.69, 9.17) is 9.47 Å². The normalized spacial score (nSPS) is 28.5. The van der Waals surface area contributed by atoms with Crippen LogP contribution in [0.1, 0.15) is 37.3 Å². The predicted octanol–water partition coefficient (Wildman–Crippen LogP) is 3.81. The van der Waals surface area contributed by atoms with Crippen LogP contribution in [0.4, 0.5) is 5.69 Å². The number of nitrogens with one attached hydrogen (secondary N) is 1. The molecule has 168 valence electrons. The fraction of sp³-hybridized carbons (Fsp3) is 0.520. The van der Waals surface area contributed by atoms with Crippen molar-refractivity contribution in [1.29, 1.82) is 0 Å². The Labute approximate surface area is 185 Å². The summed E-state index contributed by atoms with van der Waals surface area (Å²) < 4.78 is 10.3. The van der Waals surface area contributed by atoms with Gasteiger partial charge in [0.25, 0.3) is 0 Å². The number of esters is 1. The molecule has 2 saturated heterocycles. The largest absolute Gasteiger partial charge is 0.504 e. The number of benzene rings is 1. The summed E-state index contributed by atoms with van der Waals surface area (Å²) in [6, 6.07) is 5.98. The molecule has 2 fully saturated rings. The van der Waals surface area contributed by atoms with Gasteiger partial charge in [0, 0.05) is 24.8 Å². The maximum absolute atomic E-state index is 12.6. The van der Waals surface area contributed by atoms with Crippen LogP contribution in [0.3, 0.4) is 0 Å². The summed E-state index contributed by atoms with van der Waals surface area (Å²) >= 11 is 0. The van der Waals surface area contributed by atoms with E-state index in [0.29, 0.717) is 17.9 Å². The first-order chi connectivity index (χ1) is 14.9. The van der Waals surface area contributed by atoms with Crippen molar-refractivity contribution in [2.45, 2.75) is 44.7 Å². The maximum Gasteiger partial charge on any atom is 0.337 e. The van der Waals surface area contributed by atoms with E-state index in [0.717, 1.165) is 49.0 Å². The van der Waals surface area contributed by atoms with Crippen molar-refractivity contribution in [3.63, 3.8) is 0 Å². The Morgan fingerprint density at radius 2 is 2.16 bits per heavy atom. The van der Waals surface area contributed by atoms with E-state index >= 15 is 0 Å². The van der Waals surface area contributed by atoms with Gasteiger partial charge in [0.2, 0.25) is 0 Å². The second-order valence-corrected chi connectivity index (χ2v) is 8.58. The number of methoxy groups -OCH3 is 2. The molecular formula is C25H34N2O4. The molecule has 2 aliphatic heterocycles. The van der Waals surface area contributed by atoms with Gasteiger partial charge in [-0.15, -0.1) is 0 Å². The van der Waals surface area contributed by atoms with E-state index in [1.54, 1.807) is 7.11 Å². The van der Waals surface area contributed by atoms with Crippen LogP contribution < -0.4 is 5.32 Å². The average molecular weight is 427 g/mol. The van der Waals surface area contributed by atoms with Crippen molar-refractivity contribution < 1.29 is 19.1 Å². The van der Waals surface area contributed by atoms with E-state index < -0.39 is 5.54 Å². The Bertz CT molecular complexity index is 865. The predicted molar refractivity (Wildman–Crippen MR) is 123 cm³/mol. The summed E-state index contributed by atoms with van der Waals surface area (Å²) in [4.78, 5) is 27.5. The van der Waals surface area contributed by atoms with Crippen molar-refractivity contribution >= 4 is 24.0 Å². The molecule has 0 amide bonds. The zero-order chi connectivity index (χ0) is 22.6. The smallest absolute Gasteiger partial charge is 0.337 e. The Balaban J connectivity index is 1.96. The number of fused-ring (bicyclic) bond motifs is 1. The quantitative estimate of drug-likeness (QED) is 0.295. The van der Waals surface area contributed by atoms with Crippen molar-refractivity contribution in [3.05, 3.63) is 47.7 Å². The molecule has 31 heavy (non-hydrogen) atoms. The highest BCUT2D eigenvalue weighted by atomic mass is 16.5. The molecule has 0 saturated carbocycles. The number of anilines is 1. The van der Waals surface area contributed by atoms with Gasteiger partial charge in [-0.3, -0.25) is 4.90 Å². The average Bonchev–Trinajstić information content (AvgIpc) is 3.15. The molecule has 1 unspecified atom stereocenters. The molecule has 4 atom stereocenters. The van der Waals surface area contributed by atoms with E-state index in [9.17, 15) is 9.59 Å². The number of hydrogen-bond donors (Lipinski definition) is 1. The van der Waals surface area contributed by atoms with Crippen LogP contribution in [0.25, 0.3) is 6.08 Å². The molecular weight excluding hydrogens is 392 g/mol. The number of carbonyl (C=O) groups is 2. The third-order valence-electron chi connectivity index (χ3n) is 7.13. The standard InChI is InChI=1S/C25H34N2O4/c1-6-18-9-8-10-22(17(18)3)26-25(16-28)11-12-27-14-19(7-2)20(13-23(25)27)21(15-30-4)24(29)31-5/h6,8-10,15-16,19-20,23,26H,1,7,11-14H2,2-5H3/b21-15+/t19-,20+,23?,25-/m1/s1. The van der Waals surface area contributed by atoms with E-state index in [2.05, 4.69) is 23.7 Å². The molecule has 0 bridgehead atoms. The molecule has 1 N–H and O–H groups in total. The van der Waals surface area contributed by atoms with Crippen LogP contribution in [-0.2, 0) is 19.1 Å². The first-order valence-electron chi connectivity index (χ1n) is 11.0. The molecule has 1 aromatic carbocycles. The summed E-state index contributed by atoms with van der Waals surface area (Å²) in [5.41, 5.74) is 2.90. The highest BCUT2D eigenvalue weighted by molar-refractivity contribution is 5.88. The lowest BCUT2D eigenvalue weighted by atomic mass is 9.73. The molecule has 0 aliphatic carbocycles. The van der Waals surface area contributed by atoms with E-state index in [-0.39, 0.29) is 17.9 Å². The zero-order valence-electron chi connectivity index (χ0n) is 19.0. The monoisotopic (exact) mass is 426 g/mol. The van der Waals surface area contributed by atoms with Gasteiger partial charge in [0.15, 0.2) is 0 Å². The second-order valence-electron chi connectivity index (χ2n) is 8.58. The number of piperidine rings is 1. The van der Waals surface area contributed by atoms with Gasteiger partial charge in [-0.25, -0.2) is 4.79 Å². The minimum absolute atomic E-state index is 0.0190. The number of rotatable bonds is 8. The van der Waals surface area contributed by atoms with Crippen LogP contribution in [-0.4, -0.2) is 56.0 Å². The van der Waals surface area contributed by atoms with Crippen LogP contribution in [0.5, 0.6) is 0 Å². The third kappa shape index (κ3) is 4.26. The molecule has 0 radical (unpaired) electrons. The Kier molecular flexibility index (Phi) is 7.21. The van der Waals surface area contributed by atoms with Crippen LogP contribution in [0.15, 0.2) is 36.6 Å². The second kappa shape index (κ2) is 9.69. The first kappa shape index (κ1) is 23.1. The van der Waals surface area contributed by atoms with Crippen LogP contribution in [0, 0.1) is 18.8 Å². The van der Waals surface area contributed by atoms with Gasteiger partial charge in [0.1, 0.15) is 11.8 Å². The van der Waals surface area contributed by atoms with Crippen molar-refractivity contribution in [3.8, 4) is 0 Å². The fourth-order valence-electron chi connectivity index (χ4n) is 5.32. The molecule has 3 rings (SSSR count). The van der Waals surface area contributed by atoms with Crippen LogP contribution in [0.2, 0.25) is 0 Å². The molecule has 0 spiro atoms. The minimum atomic E-state index is -0.712. The van der Waals surface area contributed by atoms with E-state index in [1.807, 2.05) is 31.2 Å². The van der Waals surface area contributed by atoms with Gasteiger partial charge in [0.05, 0.1) is 26.1 Å². The lowest BCUT2D eigenvalue weighted by Crippen LogP contribution is -2.56. The summed E-state index contributed by atoms with van der Waals surface area (Å²) in [7, 11) is 2.94. The third-order valence-corrected chi connectivity index (χ3v) is 7.13. The van der Waals surface area contributed by atoms with E-state index in [1.165, 1.54) is 13.4 Å². The lowest BCUT2D eigenvalue weighted by molar-refractivity contribution is -0.137. The highest BCUT2D eigenvalue weighted by Crippen LogP contribution is 2.44. The SMILES string of the molecule is C=Cc1cccc(N[C@@]2(C=O)CCN3C[C@@H](CC)[C@@H](/C(=C\OC)C(=O)OC)CC32)c1C. The summed E-state index contributed by atoms with van der Waals surface area (Å²) in [5.74, 6) is -0.0977. The summed E-state index contributed by atoms with van der Waals surface area (Å²) in [6.45, 7) is 9.76. The summed E-state index contributed by atoms with van der Waals surface area (Å²) in [6.07, 6.45) is 6.76. The number of ether oxygens (including phenoxy) is 2. The fourth-order valence-corrected chi connectivity index (χ4v) is 5.32. The highest BCUT2D eigenvalue weighted by Gasteiger charge is 2.53. The molecule has 6 nitrogen and oxygen atoms in total. The molecule has 2 heterocycles. The Morgan fingerprint density at radius 1 is 1.39 bits per heavy atom. The lowest BCUT2D eigenvalue weighted by Gasteiger charge is -2.45. The Hall–Kier alpha value is -2.60.